The quantitative estimate of drug-likeness (QED) is 0.871. The fraction of sp³-hybridized carbons (Fsp3) is 0.571. The minimum atomic E-state index is -0.536. The van der Waals surface area contributed by atoms with Crippen molar-refractivity contribution in [1.29, 1.82) is 0 Å². The summed E-state index contributed by atoms with van der Waals surface area (Å²) < 4.78 is 0. The number of anilines is 1. The maximum atomic E-state index is 11.4. The van der Waals surface area contributed by atoms with Gasteiger partial charge in [-0.1, -0.05) is 0 Å². The van der Waals surface area contributed by atoms with Crippen LogP contribution in [0.15, 0.2) is 18.3 Å². The molecule has 1 aliphatic heterocycles. The predicted octanol–water partition coefficient (Wildman–Crippen LogP) is 1.19. The minimum Gasteiger partial charge on any atom is -0.387 e. The molecule has 1 saturated heterocycles. The molecule has 19 heavy (non-hydrogen) atoms. The van der Waals surface area contributed by atoms with Crippen LogP contribution in [-0.2, 0) is 4.79 Å². The van der Waals surface area contributed by atoms with Crippen LogP contribution in [0.3, 0.4) is 0 Å². The lowest BCUT2D eigenvalue weighted by atomic mass is 10.2. The van der Waals surface area contributed by atoms with Crippen molar-refractivity contribution in [3.8, 4) is 0 Å². The Kier molecular flexibility index (Phi) is 4.37. The SMILES string of the molecule is CC(=O)N1CCCN(c2ccc([C@@H](C)O)nc2)CC1. The highest BCUT2D eigenvalue weighted by Crippen LogP contribution is 2.18. The van der Waals surface area contributed by atoms with Gasteiger partial charge in [-0.15, -0.1) is 0 Å². The van der Waals surface area contributed by atoms with Crippen LogP contribution in [0.25, 0.3) is 0 Å². The molecule has 0 unspecified atom stereocenters. The molecule has 0 aliphatic carbocycles. The van der Waals surface area contributed by atoms with Gasteiger partial charge in [0.15, 0.2) is 0 Å². The standard InChI is InChI=1S/C14H21N3O2/c1-11(18)14-5-4-13(10-15-14)17-7-3-6-16(8-9-17)12(2)19/h4-5,10-11,18H,3,6-9H2,1-2H3/t11-/m1/s1. The van der Waals surface area contributed by atoms with Crippen molar-refractivity contribution in [1.82, 2.24) is 9.88 Å². The summed E-state index contributed by atoms with van der Waals surface area (Å²) >= 11 is 0. The number of hydrogen-bond donors (Lipinski definition) is 1. The fourth-order valence-corrected chi connectivity index (χ4v) is 2.32. The zero-order valence-corrected chi connectivity index (χ0v) is 11.5. The Bertz CT molecular complexity index is 431. The molecule has 2 rings (SSSR count). The van der Waals surface area contributed by atoms with E-state index in [2.05, 4.69) is 9.88 Å². The maximum Gasteiger partial charge on any atom is 0.219 e. The van der Waals surface area contributed by atoms with Crippen LogP contribution < -0.4 is 4.90 Å². The number of aliphatic hydroxyl groups excluding tert-OH is 1. The van der Waals surface area contributed by atoms with Gasteiger partial charge in [-0.3, -0.25) is 9.78 Å². The van der Waals surface area contributed by atoms with E-state index in [1.165, 1.54) is 0 Å². The third-order valence-electron chi connectivity index (χ3n) is 3.51. The van der Waals surface area contributed by atoms with Crippen LogP contribution in [0.4, 0.5) is 5.69 Å². The molecule has 1 aliphatic rings. The summed E-state index contributed by atoms with van der Waals surface area (Å²) in [4.78, 5) is 19.8. The highest BCUT2D eigenvalue weighted by atomic mass is 16.3. The van der Waals surface area contributed by atoms with Gasteiger partial charge in [-0.2, -0.15) is 0 Å². The average Bonchev–Trinajstić information content (AvgIpc) is 2.64. The maximum absolute atomic E-state index is 11.4. The summed E-state index contributed by atoms with van der Waals surface area (Å²) in [5, 5.41) is 9.45. The molecule has 104 valence electrons. The van der Waals surface area contributed by atoms with Gasteiger partial charge < -0.3 is 14.9 Å². The van der Waals surface area contributed by atoms with Gasteiger partial charge in [0.25, 0.3) is 0 Å². The summed E-state index contributed by atoms with van der Waals surface area (Å²) in [7, 11) is 0. The number of pyridine rings is 1. The first-order chi connectivity index (χ1) is 9.08. The van der Waals surface area contributed by atoms with Gasteiger partial charge in [0.05, 0.1) is 23.7 Å². The second kappa shape index (κ2) is 6.02. The van der Waals surface area contributed by atoms with E-state index in [0.717, 1.165) is 38.3 Å². The molecular formula is C14H21N3O2. The number of rotatable bonds is 2. The van der Waals surface area contributed by atoms with Gasteiger partial charge in [-0.05, 0) is 25.5 Å². The van der Waals surface area contributed by atoms with Gasteiger partial charge in [0, 0.05) is 33.1 Å². The summed E-state index contributed by atoms with van der Waals surface area (Å²) in [5.41, 5.74) is 1.73. The van der Waals surface area contributed by atoms with Crippen molar-refractivity contribution in [2.24, 2.45) is 0 Å². The lowest BCUT2D eigenvalue weighted by molar-refractivity contribution is -0.128. The van der Waals surface area contributed by atoms with Crippen LogP contribution in [-0.4, -0.2) is 47.1 Å². The molecule has 1 fully saturated rings. The first-order valence-electron chi connectivity index (χ1n) is 6.72. The van der Waals surface area contributed by atoms with E-state index in [0.29, 0.717) is 5.69 Å². The van der Waals surface area contributed by atoms with Crippen LogP contribution in [0, 0.1) is 0 Å². The molecule has 2 heterocycles. The van der Waals surface area contributed by atoms with E-state index in [-0.39, 0.29) is 5.91 Å². The molecule has 0 aromatic carbocycles. The monoisotopic (exact) mass is 263 g/mol. The third-order valence-corrected chi connectivity index (χ3v) is 3.51. The topological polar surface area (TPSA) is 56.7 Å². The second-order valence-electron chi connectivity index (χ2n) is 4.96. The third kappa shape index (κ3) is 3.44. The molecule has 1 aromatic heterocycles. The normalized spacial score (nSPS) is 18.1. The molecule has 5 heteroatoms. The van der Waals surface area contributed by atoms with E-state index in [9.17, 15) is 9.90 Å². The second-order valence-corrected chi connectivity index (χ2v) is 4.96. The smallest absolute Gasteiger partial charge is 0.219 e. The minimum absolute atomic E-state index is 0.143. The lowest BCUT2D eigenvalue weighted by Crippen LogP contribution is -2.33. The van der Waals surface area contributed by atoms with E-state index >= 15 is 0 Å². The van der Waals surface area contributed by atoms with Gasteiger partial charge in [0.2, 0.25) is 5.91 Å². The predicted molar refractivity (Wildman–Crippen MR) is 74.0 cm³/mol. The molecule has 1 aromatic rings. The van der Waals surface area contributed by atoms with Gasteiger partial charge >= 0.3 is 0 Å². The highest BCUT2D eigenvalue weighted by Gasteiger charge is 2.17. The Morgan fingerprint density at radius 1 is 1.32 bits per heavy atom. The molecule has 1 amide bonds. The van der Waals surface area contributed by atoms with Crippen LogP contribution in [0.1, 0.15) is 32.1 Å². The lowest BCUT2D eigenvalue weighted by Gasteiger charge is -2.23. The average molecular weight is 263 g/mol. The summed E-state index contributed by atoms with van der Waals surface area (Å²) in [6.07, 6.45) is 2.23. The molecular weight excluding hydrogens is 242 g/mol. The van der Waals surface area contributed by atoms with E-state index < -0.39 is 6.10 Å². The molecule has 1 N–H and O–H groups in total. The Hall–Kier alpha value is -1.62. The summed E-state index contributed by atoms with van der Waals surface area (Å²) in [6, 6.07) is 3.84. The Balaban J connectivity index is 2.03. The zero-order valence-electron chi connectivity index (χ0n) is 11.5. The van der Waals surface area contributed by atoms with Crippen molar-refractivity contribution in [2.45, 2.75) is 26.4 Å². The largest absolute Gasteiger partial charge is 0.387 e. The molecule has 5 nitrogen and oxygen atoms in total. The Labute approximate surface area is 113 Å². The molecule has 1 atom stereocenters. The van der Waals surface area contributed by atoms with E-state index in [1.807, 2.05) is 17.0 Å². The molecule has 0 spiro atoms. The number of carbonyl (C=O) groups is 1. The number of hydrogen-bond acceptors (Lipinski definition) is 4. The van der Waals surface area contributed by atoms with E-state index in [1.54, 1.807) is 20.0 Å². The van der Waals surface area contributed by atoms with Gasteiger partial charge in [-0.25, -0.2) is 0 Å². The van der Waals surface area contributed by atoms with Gasteiger partial charge in [0.1, 0.15) is 0 Å². The Morgan fingerprint density at radius 3 is 2.68 bits per heavy atom. The van der Waals surface area contributed by atoms with Crippen molar-refractivity contribution >= 4 is 11.6 Å². The zero-order chi connectivity index (χ0) is 13.8. The van der Waals surface area contributed by atoms with Crippen LogP contribution >= 0.6 is 0 Å². The number of aliphatic hydroxyl groups is 1. The van der Waals surface area contributed by atoms with Crippen molar-refractivity contribution in [3.63, 3.8) is 0 Å². The number of nitrogens with zero attached hydrogens (tertiary/aromatic N) is 3. The molecule has 0 saturated carbocycles. The highest BCUT2D eigenvalue weighted by molar-refractivity contribution is 5.73. The first-order valence-corrected chi connectivity index (χ1v) is 6.72. The van der Waals surface area contributed by atoms with Crippen molar-refractivity contribution in [2.75, 3.05) is 31.1 Å². The fourth-order valence-electron chi connectivity index (χ4n) is 2.32. The molecule has 0 bridgehead atoms. The Morgan fingerprint density at radius 2 is 2.11 bits per heavy atom. The summed E-state index contributed by atoms with van der Waals surface area (Å²) in [5.74, 6) is 0.143. The first kappa shape index (κ1) is 13.8. The van der Waals surface area contributed by atoms with E-state index in [4.69, 9.17) is 0 Å². The van der Waals surface area contributed by atoms with Crippen LogP contribution in [0.5, 0.6) is 0 Å². The van der Waals surface area contributed by atoms with Crippen LogP contribution in [0.2, 0.25) is 0 Å². The molecule has 0 radical (unpaired) electrons. The summed E-state index contributed by atoms with van der Waals surface area (Å²) in [6.45, 7) is 6.67. The number of aromatic nitrogens is 1. The van der Waals surface area contributed by atoms with Crippen molar-refractivity contribution in [3.05, 3.63) is 24.0 Å². The van der Waals surface area contributed by atoms with Crippen molar-refractivity contribution < 1.29 is 9.90 Å². The number of carbonyl (C=O) groups excluding carboxylic acids is 1. The number of amides is 1.